The van der Waals surface area contributed by atoms with Crippen molar-refractivity contribution in [1.29, 1.82) is 0 Å². The highest BCUT2D eigenvalue weighted by atomic mass is 32.2. The lowest BCUT2D eigenvalue weighted by Gasteiger charge is -2.29. The summed E-state index contributed by atoms with van der Waals surface area (Å²) in [5, 5.41) is 9.00. The number of hydrogen-bond acceptors (Lipinski definition) is 4. The maximum Gasteiger partial charge on any atom is 0.335 e. The molecule has 116 valence electrons. The van der Waals surface area contributed by atoms with Gasteiger partial charge in [-0.25, -0.2) is 17.9 Å². The monoisotopic (exact) mass is 312 g/mol. The van der Waals surface area contributed by atoms with Crippen LogP contribution in [0.3, 0.4) is 0 Å². The highest BCUT2D eigenvalue weighted by Crippen LogP contribution is 2.19. The van der Waals surface area contributed by atoms with Crippen molar-refractivity contribution in [3.63, 3.8) is 0 Å². The molecular weight excluding hydrogens is 292 g/mol. The molecule has 0 spiro atoms. The van der Waals surface area contributed by atoms with Crippen LogP contribution in [-0.4, -0.2) is 50.6 Å². The summed E-state index contributed by atoms with van der Waals surface area (Å²) in [6.07, 6.45) is 1.51. The summed E-state index contributed by atoms with van der Waals surface area (Å²) >= 11 is 0. The average Bonchev–Trinajstić information content (AvgIpc) is 2.41. The zero-order valence-electron chi connectivity index (χ0n) is 12.2. The highest BCUT2D eigenvalue weighted by Gasteiger charge is 2.25. The van der Waals surface area contributed by atoms with Crippen LogP contribution in [0.4, 0.5) is 0 Å². The molecule has 1 aromatic rings. The largest absolute Gasteiger partial charge is 0.478 e. The average molecular weight is 312 g/mol. The summed E-state index contributed by atoms with van der Waals surface area (Å²) in [5.74, 6) is -1.13. The van der Waals surface area contributed by atoms with E-state index >= 15 is 0 Å². The molecule has 0 radical (unpaired) electrons. The van der Waals surface area contributed by atoms with E-state index in [1.54, 1.807) is 6.92 Å². The predicted molar refractivity (Wildman–Crippen MR) is 79.0 cm³/mol. The molecular formula is C14H20N2O4S. The van der Waals surface area contributed by atoms with Crippen LogP contribution >= 0.6 is 0 Å². The number of nitrogens with one attached hydrogen (secondary N) is 1. The first-order valence-electron chi connectivity index (χ1n) is 6.84. The minimum Gasteiger partial charge on any atom is -0.478 e. The highest BCUT2D eigenvalue weighted by molar-refractivity contribution is 7.89. The molecule has 1 aliphatic heterocycles. The molecule has 21 heavy (non-hydrogen) atoms. The van der Waals surface area contributed by atoms with Gasteiger partial charge >= 0.3 is 5.97 Å². The van der Waals surface area contributed by atoms with Gasteiger partial charge in [0.15, 0.2) is 0 Å². The van der Waals surface area contributed by atoms with Gasteiger partial charge < -0.3 is 10.0 Å². The fraction of sp³-hybridized carbons (Fsp3) is 0.500. The summed E-state index contributed by atoms with van der Waals surface area (Å²) in [6, 6.07) is 4.05. The molecule has 0 unspecified atom stereocenters. The van der Waals surface area contributed by atoms with Gasteiger partial charge in [-0.1, -0.05) is 6.07 Å². The van der Waals surface area contributed by atoms with Gasteiger partial charge in [0.25, 0.3) is 0 Å². The number of likely N-dealkylation sites (tertiary alicyclic amines) is 1. The van der Waals surface area contributed by atoms with Gasteiger partial charge in [0.2, 0.25) is 10.0 Å². The Labute approximate surface area is 124 Å². The maximum absolute atomic E-state index is 12.5. The van der Waals surface area contributed by atoms with Gasteiger partial charge in [-0.15, -0.1) is 0 Å². The topological polar surface area (TPSA) is 86.7 Å². The van der Waals surface area contributed by atoms with E-state index in [-0.39, 0.29) is 16.5 Å². The van der Waals surface area contributed by atoms with Gasteiger partial charge in [0, 0.05) is 6.04 Å². The fourth-order valence-electron chi connectivity index (χ4n) is 2.43. The molecule has 0 saturated carbocycles. The summed E-state index contributed by atoms with van der Waals surface area (Å²) in [6.45, 7) is 3.36. The van der Waals surface area contributed by atoms with E-state index in [1.807, 2.05) is 7.05 Å². The maximum atomic E-state index is 12.5. The summed E-state index contributed by atoms with van der Waals surface area (Å²) in [7, 11) is -1.69. The first kappa shape index (κ1) is 15.9. The fourth-order valence-corrected chi connectivity index (χ4v) is 4.01. The lowest BCUT2D eigenvalue weighted by Crippen LogP contribution is -2.43. The minimum atomic E-state index is -3.70. The quantitative estimate of drug-likeness (QED) is 0.868. The molecule has 1 aromatic carbocycles. The molecule has 7 heteroatoms. The number of hydrogen-bond donors (Lipinski definition) is 2. The van der Waals surface area contributed by atoms with Crippen LogP contribution in [-0.2, 0) is 10.0 Å². The SMILES string of the molecule is Cc1ccc(C(=O)O)cc1S(=O)(=O)NC1CCN(C)CC1. The van der Waals surface area contributed by atoms with Crippen molar-refractivity contribution in [1.82, 2.24) is 9.62 Å². The molecule has 2 N–H and O–H groups in total. The third kappa shape index (κ3) is 3.81. The van der Waals surface area contributed by atoms with E-state index in [9.17, 15) is 13.2 Å². The van der Waals surface area contributed by atoms with E-state index in [0.29, 0.717) is 5.56 Å². The second-order valence-electron chi connectivity index (χ2n) is 5.48. The van der Waals surface area contributed by atoms with E-state index < -0.39 is 16.0 Å². The molecule has 0 atom stereocenters. The normalized spacial score (nSPS) is 17.8. The van der Waals surface area contributed by atoms with Gasteiger partial charge in [-0.05, 0) is 57.6 Å². The summed E-state index contributed by atoms with van der Waals surface area (Å²) < 4.78 is 27.6. The van der Waals surface area contributed by atoms with Crippen molar-refractivity contribution < 1.29 is 18.3 Å². The third-order valence-electron chi connectivity index (χ3n) is 3.76. The number of carbonyl (C=O) groups is 1. The third-order valence-corrected chi connectivity index (χ3v) is 5.43. The lowest BCUT2D eigenvalue weighted by atomic mass is 10.1. The number of piperidine rings is 1. The molecule has 6 nitrogen and oxygen atoms in total. The number of nitrogens with zero attached hydrogens (tertiary/aromatic N) is 1. The second kappa shape index (κ2) is 6.13. The van der Waals surface area contributed by atoms with Crippen molar-refractivity contribution in [2.24, 2.45) is 0 Å². The number of sulfonamides is 1. The molecule has 1 fully saturated rings. The van der Waals surface area contributed by atoms with E-state index in [0.717, 1.165) is 25.9 Å². The number of aryl methyl sites for hydroxylation is 1. The van der Waals surface area contributed by atoms with Crippen LogP contribution in [0, 0.1) is 6.92 Å². The van der Waals surface area contributed by atoms with Gasteiger partial charge in [-0.2, -0.15) is 0 Å². The molecule has 1 saturated heterocycles. The predicted octanol–water partition coefficient (Wildman–Crippen LogP) is 1.07. The summed E-state index contributed by atoms with van der Waals surface area (Å²) in [4.78, 5) is 13.2. The zero-order valence-corrected chi connectivity index (χ0v) is 13.0. The standard InChI is InChI=1S/C14H20N2O4S/c1-10-3-4-11(14(17)18)9-13(10)21(19,20)15-12-5-7-16(2)8-6-12/h3-4,9,12,15H,5-8H2,1-2H3,(H,17,18). The van der Waals surface area contributed by atoms with E-state index in [4.69, 9.17) is 5.11 Å². The Bertz CT molecular complexity index is 634. The van der Waals surface area contributed by atoms with Crippen molar-refractivity contribution in [3.05, 3.63) is 29.3 Å². The van der Waals surface area contributed by atoms with Crippen LogP contribution in [0.25, 0.3) is 0 Å². The minimum absolute atomic E-state index is 0.0237. The Morgan fingerprint density at radius 3 is 2.52 bits per heavy atom. The first-order valence-corrected chi connectivity index (χ1v) is 8.33. The lowest BCUT2D eigenvalue weighted by molar-refractivity contribution is 0.0696. The van der Waals surface area contributed by atoms with Crippen molar-refractivity contribution >= 4 is 16.0 Å². The smallest absolute Gasteiger partial charge is 0.335 e. The van der Waals surface area contributed by atoms with Crippen LogP contribution in [0.1, 0.15) is 28.8 Å². The molecule has 1 heterocycles. The van der Waals surface area contributed by atoms with Crippen LogP contribution in [0.15, 0.2) is 23.1 Å². The molecule has 0 aromatic heterocycles. The second-order valence-corrected chi connectivity index (χ2v) is 7.17. The molecule has 0 bridgehead atoms. The first-order chi connectivity index (χ1) is 9.79. The molecule has 0 aliphatic carbocycles. The van der Waals surface area contributed by atoms with Gasteiger partial charge in [-0.3, -0.25) is 0 Å². The number of rotatable bonds is 4. The Balaban J connectivity index is 2.23. The van der Waals surface area contributed by atoms with Crippen molar-refractivity contribution in [2.45, 2.75) is 30.7 Å². The summed E-state index contributed by atoms with van der Waals surface area (Å²) in [5.41, 5.74) is 0.518. The van der Waals surface area contributed by atoms with E-state index in [1.165, 1.54) is 18.2 Å². The van der Waals surface area contributed by atoms with Crippen LogP contribution in [0.5, 0.6) is 0 Å². The van der Waals surface area contributed by atoms with Crippen LogP contribution < -0.4 is 4.72 Å². The molecule has 2 rings (SSSR count). The Kier molecular flexibility index (Phi) is 4.65. The van der Waals surface area contributed by atoms with Gasteiger partial charge in [0.05, 0.1) is 10.5 Å². The van der Waals surface area contributed by atoms with E-state index in [2.05, 4.69) is 9.62 Å². The number of carboxylic acids is 1. The van der Waals surface area contributed by atoms with Crippen LogP contribution in [0.2, 0.25) is 0 Å². The number of benzene rings is 1. The van der Waals surface area contributed by atoms with Gasteiger partial charge in [0.1, 0.15) is 0 Å². The number of aromatic carboxylic acids is 1. The Hall–Kier alpha value is -1.44. The van der Waals surface area contributed by atoms with Crippen molar-refractivity contribution in [2.75, 3.05) is 20.1 Å². The molecule has 1 aliphatic rings. The zero-order chi connectivity index (χ0) is 15.6. The number of carboxylic acid groups (broad SMARTS) is 1. The Morgan fingerprint density at radius 2 is 1.95 bits per heavy atom. The van der Waals surface area contributed by atoms with Crippen molar-refractivity contribution in [3.8, 4) is 0 Å². The Morgan fingerprint density at radius 1 is 1.33 bits per heavy atom. The molecule has 0 amide bonds.